The van der Waals surface area contributed by atoms with E-state index in [1.54, 1.807) is 38.3 Å². The number of allylic oxidation sites excluding steroid dienone is 1. The molecule has 3 aromatic rings. The fraction of sp³-hybridized carbons (Fsp3) is 0.357. The second-order valence-corrected chi connectivity index (χ2v) is 10.7. The van der Waals surface area contributed by atoms with E-state index in [2.05, 4.69) is 27.6 Å². The Morgan fingerprint density at radius 2 is 1.97 bits per heavy atom. The molecule has 9 heteroatoms. The van der Waals surface area contributed by atoms with Gasteiger partial charge >= 0.3 is 5.97 Å². The van der Waals surface area contributed by atoms with Gasteiger partial charge in [0, 0.05) is 15.5 Å². The molecule has 0 radical (unpaired) electrons. The van der Waals surface area contributed by atoms with Gasteiger partial charge in [-0.2, -0.15) is 9.78 Å². The molecule has 2 aromatic carbocycles. The molecule has 0 aliphatic carbocycles. The van der Waals surface area contributed by atoms with Gasteiger partial charge in [-0.05, 0) is 56.2 Å². The monoisotopic (exact) mass is 569 g/mol. The Morgan fingerprint density at radius 1 is 1.24 bits per heavy atom. The van der Waals surface area contributed by atoms with E-state index < -0.39 is 11.4 Å². The molecule has 0 saturated carbocycles. The molecule has 0 N–H and O–H groups in total. The summed E-state index contributed by atoms with van der Waals surface area (Å²) in [7, 11) is 1.51. The topological polar surface area (TPSA) is 92.0 Å². The van der Waals surface area contributed by atoms with Crippen LogP contribution >= 0.6 is 15.9 Å². The molecule has 1 aromatic heterocycles. The quantitative estimate of drug-likeness (QED) is 0.194. The fourth-order valence-electron chi connectivity index (χ4n) is 3.67. The molecule has 0 spiro atoms. The summed E-state index contributed by atoms with van der Waals surface area (Å²) < 4.78 is 18.6. The molecule has 196 valence electrons. The number of carbonyl (C=O) groups excluding carboxylic acids is 1. The molecule has 0 atom stereocenters. The number of carbonyl (C=O) groups is 1. The number of esters is 1. The largest absolute Gasteiger partial charge is 0.493 e. The second-order valence-electron chi connectivity index (χ2n) is 9.74. The summed E-state index contributed by atoms with van der Waals surface area (Å²) in [4.78, 5) is 30.2. The smallest absolute Gasteiger partial charge is 0.344 e. The third-order valence-electron chi connectivity index (χ3n) is 5.24. The molecule has 0 aliphatic rings. The van der Waals surface area contributed by atoms with Crippen molar-refractivity contribution in [2.24, 2.45) is 5.10 Å². The third kappa shape index (κ3) is 6.85. The Kier molecular flexibility index (Phi) is 8.91. The molecule has 0 saturated heterocycles. The zero-order chi connectivity index (χ0) is 27.3. The fourth-order valence-corrected chi connectivity index (χ4v) is 4.04. The number of methoxy groups -OCH3 is 1. The highest BCUT2D eigenvalue weighted by molar-refractivity contribution is 9.10. The lowest BCUT2D eigenvalue weighted by atomic mass is 9.95. The standard InChI is InChI=1S/C28H32BrN3O5/c1-8-9-19-12-18(13-23(35-7)25(19)36-16-24(33)37-17(2)3)15-30-32-26(34)21-14-20(29)10-11-22(21)31-27(32)28(4,5)6/h8,10-15,17H,1,9,16H2,2-7H3. The first-order chi connectivity index (χ1) is 17.4. The highest BCUT2D eigenvalue weighted by Gasteiger charge is 2.23. The Hall–Kier alpha value is -3.46. The van der Waals surface area contributed by atoms with Gasteiger partial charge in [0.05, 0.1) is 30.3 Å². The maximum absolute atomic E-state index is 13.4. The minimum Gasteiger partial charge on any atom is -0.493 e. The van der Waals surface area contributed by atoms with Gasteiger partial charge in [0.1, 0.15) is 5.82 Å². The molecule has 1 heterocycles. The molecule has 0 unspecified atom stereocenters. The third-order valence-corrected chi connectivity index (χ3v) is 5.73. The van der Waals surface area contributed by atoms with E-state index in [0.29, 0.717) is 40.2 Å². The molecular weight excluding hydrogens is 538 g/mol. The van der Waals surface area contributed by atoms with E-state index in [1.807, 2.05) is 39.0 Å². The van der Waals surface area contributed by atoms with Crippen molar-refractivity contribution >= 4 is 39.0 Å². The molecule has 3 rings (SSSR count). The van der Waals surface area contributed by atoms with Crippen molar-refractivity contribution in [1.29, 1.82) is 0 Å². The summed E-state index contributed by atoms with van der Waals surface area (Å²) >= 11 is 3.43. The predicted molar refractivity (Wildman–Crippen MR) is 149 cm³/mol. The molecule has 0 amide bonds. The van der Waals surface area contributed by atoms with Crippen molar-refractivity contribution in [3.05, 3.63) is 74.8 Å². The first-order valence-corrected chi connectivity index (χ1v) is 12.6. The van der Waals surface area contributed by atoms with Crippen LogP contribution in [0.15, 0.2) is 57.4 Å². The summed E-state index contributed by atoms with van der Waals surface area (Å²) in [6, 6.07) is 8.99. The average Bonchev–Trinajstić information content (AvgIpc) is 2.81. The number of ether oxygens (including phenoxy) is 3. The van der Waals surface area contributed by atoms with Crippen LogP contribution < -0.4 is 15.0 Å². The van der Waals surface area contributed by atoms with E-state index >= 15 is 0 Å². The zero-order valence-corrected chi connectivity index (χ0v) is 23.6. The van der Waals surface area contributed by atoms with Crippen molar-refractivity contribution < 1.29 is 19.0 Å². The van der Waals surface area contributed by atoms with Crippen molar-refractivity contribution in [2.45, 2.75) is 52.6 Å². The number of halogens is 1. The van der Waals surface area contributed by atoms with E-state index in [9.17, 15) is 9.59 Å². The number of rotatable bonds is 9. The predicted octanol–water partition coefficient (Wildman–Crippen LogP) is 5.41. The average molecular weight is 570 g/mol. The van der Waals surface area contributed by atoms with Crippen LogP contribution in [0, 0.1) is 0 Å². The van der Waals surface area contributed by atoms with Crippen LogP contribution in [0.4, 0.5) is 0 Å². The Balaban J connectivity index is 2.07. The summed E-state index contributed by atoms with van der Waals surface area (Å²) in [5.41, 5.74) is 1.32. The number of aromatic nitrogens is 2. The van der Waals surface area contributed by atoms with Crippen LogP contribution in [0.25, 0.3) is 10.9 Å². The maximum atomic E-state index is 13.4. The molecule has 0 bridgehead atoms. The molecule has 0 fully saturated rings. The van der Waals surface area contributed by atoms with Gasteiger partial charge in [-0.1, -0.05) is 42.8 Å². The summed E-state index contributed by atoms with van der Waals surface area (Å²) in [5, 5.41) is 5.00. The number of hydrogen-bond donors (Lipinski definition) is 0. The van der Waals surface area contributed by atoms with Crippen LogP contribution in [-0.4, -0.2) is 41.7 Å². The number of fused-ring (bicyclic) bond motifs is 1. The van der Waals surface area contributed by atoms with Crippen molar-refractivity contribution in [1.82, 2.24) is 9.66 Å². The second kappa shape index (κ2) is 11.7. The van der Waals surface area contributed by atoms with Crippen LogP contribution in [0.2, 0.25) is 0 Å². The number of nitrogens with zero attached hydrogens (tertiary/aromatic N) is 3. The van der Waals surface area contributed by atoms with Crippen LogP contribution in [-0.2, 0) is 21.4 Å². The minimum absolute atomic E-state index is 0.240. The van der Waals surface area contributed by atoms with Crippen molar-refractivity contribution in [2.75, 3.05) is 13.7 Å². The highest BCUT2D eigenvalue weighted by atomic mass is 79.9. The van der Waals surface area contributed by atoms with Gasteiger partial charge in [-0.15, -0.1) is 6.58 Å². The molecule has 8 nitrogen and oxygen atoms in total. The van der Waals surface area contributed by atoms with Gasteiger partial charge in [0.15, 0.2) is 18.1 Å². The van der Waals surface area contributed by atoms with Gasteiger partial charge < -0.3 is 14.2 Å². The summed E-state index contributed by atoms with van der Waals surface area (Å²) in [5.74, 6) is 0.898. The first kappa shape index (κ1) is 28.1. The Morgan fingerprint density at radius 3 is 2.59 bits per heavy atom. The van der Waals surface area contributed by atoms with E-state index in [0.717, 1.165) is 10.0 Å². The Labute approximate surface area is 225 Å². The van der Waals surface area contributed by atoms with Crippen LogP contribution in [0.1, 0.15) is 51.6 Å². The summed E-state index contributed by atoms with van der Waals surface area (Å²) in [6.07, 6.45) is 3.53. The zero-order valence-electron chi connectivity index (χ0n) is 22.0. The lowest BCUT2D eigenvalue weighted by Gasteiger charge is -2.21. The van der Waals surface area contributed by atoms with E-state index in [-0.39, 0.29) is 18.3 Å². The Bertz CT molecular complexity index is 1400. The molecule has 0 aliphatic heterocycles. The van der Waals surface area contributed by atoms with Crippen LogP contribution in [0.3, 0.4) is 0 Å². The first-order valence-electron chi connectivity index (χ1n) is 11.9. The lowest BCUT2D eigenvalue weighted by molar-refractivity contribution is -0.149. The van der Waals surface area contributed by atoms with Gasteiger partial charge in [-0.25, -0.2) is 9.78 Å². The highest BCUT2D eigenvalue weighted by Crippen LogP contribution is 2.33. The number of hydrogen-bond acceptors (Lipinski definition) is 7. The normalized spacial score (nSPS) is 11.8. The van der Waals surface area contributed by atoms with Crippen LogP contribution in [0.5, 0.6) is 11.5 Å². The van der Waals surface area contributed by atoms with Gasteiger partial charge in [0.2, 0.25) is 0 Å². The number of benzene rings is 2. The van der Waals surface area contributed by atoms with E-state index in [4.69, 9.17) is 19.2 Å². The molecule has 37 heavy (non-hydrogen) atoms. The van der Waals surface area contributed by atoms with Gasteiger partial charge in [0.25, 0.3) is 5.56 Å². The van der Waals surface area contributed by atoms with E-state index in [1.165, 1.54) is 11.8 Å². The van der Waals surface area contributed by atoms with Crippen molar-refractivity contribution in [3.63, 3.8) is 0 Å². The maximum Gasteiger partial charge on any atom is 0.344 e. The minimum atomic E-state index is -0.475. The lowest BCUT2D eigenvalue weighted by Crippen LogP contribution is -2.29. The van der Waals surface area contributed by atoms with Crippen molar-refractivity contribution in [3.8, 4) is 11.5 Å². The summed E-state index contributed by atoms with van der Waals surface area (Å²) in [6.45, 7) is 13.0. The molecular formula is C28H32BrN3O5. The SMILES string of the molecule is C=CCc1cc(C=Nn2c(C(C)(C)C)nc3ccc(Br)cc3c2=O)cc(OC)c1OCC(=O)OC(C)C. The van der Waals surface area contributed by atoms with Gasteiger partial charge in [-0.3, -0.25) is 4.79 Å².